The van der Waals surface area contributed by atoms with Crippen molar-refractivity contribution in [2.24, 2.45) is 22.1 Å². The van der Waals surface area contributed by atoms with Gasteiger partial charge in [0.2, 0.25) is 0 Å². The second kappa shape index (κ2) is 14.5. The Labute approximate surface area is 277 Å². The summed E-state index contributed by atoms with van der Waals surface area (Å²) in [6.45, 7) is 3.98. The van der Waals surface area contributed by atoms with Gasteiger partial charge in [0.15, 0.2) is 5.82 Å². The van der Waals surface area contributed by atoms with E-state index in [-0.39, 0.29) is 17.8 Å². The number of aryl methyl sites for hydroxylation is 1. The molecule has 11 heteroatoms. The zero-order valence-corrected chi connectivity index (χ0v) is 28.0. The van der Waals surface area contributed by atoms with Gasteiger partial charge in [-0.1, -0.05) is 36.7 Å². The van der Waals surface area contributed by atoms with Crippen molar-refractivity contribution in [3.8, 4) is 5.75 Å². The van der Waals surface area contributed by atoms with Crippen molar-refractivity contribution in [2.75, 3.05) is 35.6 Å². The number of benzene rings is 2. The third-order valence-corrected chi connectivity index (χ3v) is 11.5. The number of nitrogens with one attached hydrogen (secondary N) is 1. The number of amides is 1. The van der Waals surface area contributed by atoms with E-state index in [1.165, 1.54) is 17.3 Å². The lowest BCUT2D eigenvalue weighted by Gasteiger charge is -2.43. The summed E-state index contributed by atoms with van der Waals surface area (Å²) < 4.78 is 34.0. The lowest BCUT2D eigenvalue weighted by Crippen LogP contribution is -2.43. The largest absolute Gasteiger partial charge is 0.491 e. The first-order valence-electron chi connectivity index (χ1n) is 16.1. The molecule has 0 saturated heterocycles. The van der Waals surface area contributed by atoms with Crippen LogP contribution in [0.4, 0.5) is 11.5 Å². The Morgan fingerprint density at radius 1 is 1.11 bits per heavy atom. The molecule has 1 aromatic heterocycles. The molecule has 46 heavy (non-hydrogen) atoms. The van der Waals surface area contributed by atoms with E-state index in [9.17, 15) is 9.00 Å². The van der Waals surface area contributed by atoms with Crippen LogP contribution in [-0.2, 0) is 27.6 Å². The molecule has 0 spiro atoms. The molecule has 3 aliphatic rings. The van der Waals surface area contributed by atoms with Gasteiger partial charge in [-0.05, 0) is 110 Å². The number of carbonyl (C=O) groups excluding carboxylic acids is 1. The first kappa shape index (κ1) is 32.5. The molecule has 1 unspecified atom stereocenters. The SMILES string of the molecule is CO[C@H]1/C=C/C[C@H](C)CS(=O)(Nc2cccnn2)=NC(=O)c2ccc3c(c2)N(Cc2ccc(Cl)cc2CCCCO3)C[C@@H]2CC[C@H]21. The van der Waals surface area contributed by atoms with Gasteiger partial charge in [-0.25, -0.2) is 4.21 Å². The van der Waals surface area contributed by atoms with Crippen LogP contribution in [0, 0.1) is 17.8 Å². The Bertz CT molecular complexity index is 1690. The number of carbonyl (C=O) groups is 1. The normalized spacial score (nSPS) is 27.8. The van der Waals surface area contributed by atoms with Crippen molar-refractivity contribution in [2.45, 2.75) is 58.1 Å². The van der Waals surface area contributed by atoms with Crippen molar-refractivity contribution in [1.29, 1.82) is 0 Å². The molecule has 2 bridgehead atoms. The highest BCUT2D eigenvalue weighted by Gasteiger charge is 2.38. The molecule has 1 aliphatic carbocycles. The van der Waals surface area contributed by atoms with E-state index < -0.39 is 15.8 Å². The van der Waals surface area contributed by atoms with Crippen LogP contribution in [0.15, 0.2) is 71.2 Å². The number of halogens is 1. The Morgan fingerprint density at radius 2 is 2.00 bits per heavy atom. The van der Waals surface area contributed by atoms with E-state index in [1.54, 1.807) is 25.3 Å². The zero-order valence-electron chi connectivity index (χ0n) is 26.4. The summed E-state index contributed by atoms with van der Waals surface area (Å²) in [6, 6.07) is 14.9. The van der Waals surface area contributed by atoms with Crippen molar-refractivity contribution in [3.05, 3.63) is 88.6 Å². The molecule has 0 radical (unpaired) electrons. The molecule has 1 amide bonds. The van der Waals surface area contributed by atoms with Crippen LogP contribution in [0.25, 0.3) is 0 Å². The van der Waals surface area contributed by atoms with Gasteiger partial charge in [0, 0.05) is 37.0 Å². The molecular formula is C35H42ClN5O4S. The van der Waals surface area contributed by atoms with Crippen LogP contribution < -0.4 is 14.4 Å². The Kier molecular flexibility index (Phi) is 10.3. The van der Waals surface area contributed by atoms with E-state index in [4.69, 9.17) is 21.1 Å². The number of rotatable bonds is 3. The van der Waals surface area contributed by atoms with E-state index >= 15 is 0 Å². The monoisotopic (exact) mass is 663 g/mol. The molecule has 9 nitrogen and oxygen atoms in total. The van der Waals surface area contributed by atoms with Crippen molar-refractivity contribution < 1.29 is 18.5 Å². The number of hydrogen-bond donors (Lipinski definition) is 1. The maximum Gasteiger partial charge on any atom is 0.286 e. The highest BCUT2D eigenvalue weighted by Crippen LogP contribution is 2.42. The minimum atomic E-state index is -3.25. The number of nitrogens with zero attached hydrogens (tertiary/aromatic N) is 4. The van der Waals surface area contributed by atoms with Crippen molar-refractivity contribution in [1.82, 2.24) is 10.2 Å². The lowest BCUT2D eigenvalue weighted by molar-refractivity contribution is 0.0133. The van der Waals surface area contributed by atoms with Crippen LogP contribution in [-0.4, -0.2) is 52.4 Å². The number of hydrogen-bond acceptors (Lipinski definition) is 7. The van der Waals surface area contributed by atoms with Crippen molar-refractivity contribution >= 4 is 38.9 Å². The fourth-order valence-electron chi connectivity index (χ4n) is 6.69. The number of allylic oxidation sites excluding steroid dienone is 1. The molecule has 3 heterocycles. The van der Waals surface area contributed by atoms with Gasteiger partial charge in [0.1, 0.15) is 15.7 Å². The summed E-state index contributed by atoms with van der Waals surface area (Å²) >= 11 is 6.45. The Balaban J connectivity index is 1.47. The van der Waals surface area contributed by atoms with Gasteiger partial charge in [-0.3, -0.25) is 9.52 Å². The molecule has 2 aliphatic heterocycles. The van der Waals surface area contributed by atoms with Gasteiger partial charge in [0.05, 0.1) is 24.2 Å². The van der Waals surface area contributed by atoms with Gasteiger partial charge in [-0.2, -0.15) is 5.10 Å². The highest BCUT2D eigenvalue weighted by molar-refractivity contribution is 7.95. The summed E-state index contributed by atoms with van der Waals surface area (Å²) in [5.74, 6) is 1.35. The van der Waals surface area contributed by atoms with Crippen LogP contribution in [0.1, 0.15) is 60.5 Å². The zero-order chi connectivity index (χ0) is 32.1. The molecule has 5 atom stereocenters. The summed E-state index contributed by atoms with van der Waals surface area (Å²) in [5.41, 5.74) is 3.62. The second-order valence-corrected chi connectivity index (χ2v) is 15.1. The maximum atomic E-state index is 14.4. The standard InChI is InChI=1S/C35H42ClN5O4S/c1-24-7-5-9-32(44-2)30-15-12-28(30)22-41-21-27-11-14-29(36)19-25(27)8-3-4-18-45-33-16-13-26(20-31(33)41)35(42)40-46(43,23-24)39-34-10-6-17-37-38-34/h5-6,9-11,13-14,16-17,19-20,24,28,30,32H,3-4,7-8,12,15,18,21-23H2,1-2H3,(H,38,39,40,42,43)/b9-5+/t24-,28-,30+,32-,46?/m0/s1. The third-order valence-electron chi connectivity index (χ3n) is 9.24. The van der Waals surface area contributed by atoms with Crippen molar-refractivity contribution in [3.63, 3.8) is 0 Å². The molecule has 6 rings (SSSR count). The van der Waals surface area contributed by atoms with E-state index in [0.29, 0.717) is 42.8 Å². The summed E-state index contributed by atoms with van der Waals surface area (Å²) in [7, 11) is -1.48. The van der Waals surface area contributed by atoms with Gasteiger partial charge in [0.25, 0.3) is 5.91 Å². The summed E-state index contributed by atoms with van der Waals surface area (Å²) in [4.78, 5) is 16.2. The van der Waals surface area contributed by atoms with Crippen LogP contribution in [0.3, 0.4) is 0 Å². The number of anilines is 2. The van der Waals surface area contributed by atoms with Gasteiger partial charge < -0.3 is 14.4 Å². The Morgan fingerprint density at radius 3 is 2.78 bits per heavy atom. The van der Waals surface area contributed by atoms with Gasteiger partial charge in [-0.15, -0.1) is 9.46 Å². The molecular weight excluding hydrogens is 622 g/mol. The number of aromatic nitrogens is 2. The molecule has 3 aromatic rings. The fraction of sp³-hybridized carbons (Fsp3) is 0.457. The highest BCUT2D eigenvalue weighted by atomic mass is 35.5. The van der Waals surface area contributed by atoms with E-state index in [0.717, 1.165) is 55.1 Å². The van der Waals surface area contributed by atoms with Gasteiger partial charge >= 0.3 is 0 Å². The van der Waals surface area contributed by atoms with Crippen LogP contribution >= 0.6 is 11.6 Å². The smallest absolute Gasteiger partial charge is 0.286 e. The Hall–Kier alpha value is -3.47. The number of methoxy groups -OCH3 is 1. The first-order chi connectivity index (χ1) is 22.3. The average Bonchev–Trinajstić information content (AvgIpc) is 3.05. The fourth-order valence-corrected chi connectivity index (χ4v) is 8.81. The second-order valence-electron chi connectivity index (χ2n) is 12.7. The topological polar surface area (TPSA) is 106 Å². The molecule has 1 N–H and O–H groups in total. The number of fused-ring (bicyclic) bond motifs is 3. The maximum absolute atomic E-state index is 14.4. The average molecular weight is 664 g/mol. The minimum absolute atomic E-state index is 0.0238. The first-order valence-corrected chi connectivity index (χ1v) is 18.2. The molecule has 2 aromatic carbocycles. The molecule has 244 valence electrons. The predicted octanol–water partition coefficient (Wildman–Crippen LogP) is 7.12. The molecule has 1 fully saturated rings. The summed E-state index contributed by atoms with van der Waals surface area (Å²) in [6.07, 6.45) is 11.4. The van der Waals surface area contributed by atoms with E-state index in [1.807, 2.05) is 25.1 Å². The third kappa shape index (κ3) is 7.73. The molecule has 1 saturated carbocycles. The van der Waals surface area contributed by atoms with Crippen LogP contribution in [0.5, 0.6) is 5.75 Å². The van der Waals surface area contributed by atoms with E-state index in [2.05, 4.69) is 48.5 Å². The minimum Gasteiger partial charge on any atom is -0.491 e. The van der Waals surface area contributed by atoms with Crippen LogP contribution in [0.2, 0.25) is 5.02 Å². The predicted molar refractivity (Wildman–Crippen MR) is 183 cm³/mol. The lowest BCUT2D eigenvalue weighted by atomic mass is 9.70. The quantitative estimate of drug-likeness (QED) is 0.297. The number of ether oxygens (including phenoxy) is 2. The summed E-state index contributed by atoms with van der Waals surface area (Å²) in [5, 5.41) is 8.68.